The normalized spacial score (nSPS) is 17.5. The first-order valence-electron chi connectivity index (χ1n) is 9.68. The number of piperidine rings is 1. The van der Waals surface area contributed by atoms with Crippen LogP contribution in [0.25, 0.3) is 11.0 Å². The van der Waals surface area contributed by atoms with Gasteiger partial charge in [0.05, 0.1) is 18.2 Å². The van der Waals surface area contributed by atoms with Gasteiger partial charge in [0.2, 0.25) is 5.95 Å². The zero-order valence-electron chi connectivity index (χ0n) is 16.3. The largest absolute Gasteiger partial charge is 0.491 e. The van der Waals surface area contributed by atoms with Gasteiger partial charge in [-0.2, -0.15) is 23.3 Å². The summed E-state index contributed by atoms with van der Waals surface area (Å²) in [6, 6.07) is 2.64. The van der Waals surface area contributed by atoms with E-state index in [4.69, 9.17) is 4.74 Å². The van der Waals surface area contributed by atoms with Crippen molar-refractivity contribution in [3.8, 4) is 5.75 Å². The molecule has 0 aliphatic carbocycles. The van der Waals surface area contributed by atoms with Crippen molar-refractivity contribution in [2.75, 3.05) is 24.6 Å². The molecule has 0 bridgehead atoms. The number of hydrogen-bond donors (Lipinski definition) is 0. The van der Waals surface area contributed by atoms with Crippen molar-refractivity contribution in [2.24, 2.45) is 5.92 Å². The summed E-state index contributed by atoms with van der Waals surface area (Å²) >= 11 is 0. The maximum absolute atomic E-state index is 13.1. The molecule has 1 aliphatic heterocycles. The van der Waals surface area contributed by atoms with E-state index >= 15 is 0 Å². The molecule has 3 aromatic heterocycles. The molecule has 1 aliphatic rings. The summed E-state index contributed by atoms with van der Waals surface area (Å²) in [7, 11) is 0. The molecule has 1 saturated heterocycles. The minimum absolute atomic E-state index is 0.0553. The summed E-state index contributed by atoms with van der Waals surface area (Å²) in [5.74, 6) is 0.00609. The molecule has 0 aromatic carbocycles. The van der Waals surface area contributed by atoms with Crippen LogP contribution in [0.5, 0.6) is 5.75 Å². The minimum Gasteiger partial charge on any atom is -0.491 e. The topological polar surface area (TPSA) is 69.0 Å². The number of nitrogens with zero attached hydrogens (tertiary/aromatic N) is 6. The summed E-state index contributed by atoms with van der Waals surface area (Å²) in [6.45, 7) is 0.627. The van der Waals surface area contributed by atoms with Gasteiger partial charge in [-0.3, -0.25) is 0 Å². The molecule has 4 heterocycles. The summed E-state index contributed by atoms with van der Waals surface area (Å²) in [4.78, 5) is 14.0. The van der Waals surface area contributed by atoms with Gasteiger partial charge in [-0.1, -0.05) is 0 Å². The molecule has 0 spiro atoms. The van der Waals surface area contributed by atoms with Crippen LogP contribution >= 0.6 is 0 Å². The first-order chi connectivity index (χ1) is 14.8. The van der Waals surface area contributed by atoms with Crippen LogP contribution in [0, 0.1) is 5.92 Å². The van der Waals surface area contributed by atoms with Gasteiger partial charge >= 0.3 is 6.18 Å². The van der Waals surface area contributed by atoms with E-state index in [0.29, 0.717) is 30.1 Å². The van der Waals surface area contributed by atoms with Crippen LogP contribution in [0.2, 0.25) is 0 Å². The molecule has 0 amide bonds. The molecule has 0 radical (unpaired) electrons. The Morgan fingerprint density at radius 2 is 2.03 bits per heavy atom. The molecule has 0 N–H and O–H groups in total. The van der Waals surface area contributed by atoms with Crippen LogP contribution < -0.4 is 9.64 Å². The number of fused-ring (bicyclic) bond motifs is 1. The van der Waals surface area contributed by atoms with Gasteiger partial charge in [-0.25, -0.2) is 23.4 Å². The van der Waals surface area contributed by atoms with E-state index in [0.717, 1.165) is 23.7 Å². The second-order valence-corrected chi connectivity index (χ2v) is 7.28. The minimum atomic E-state index is -4.60. The van der Waals surface area contributed by atoms with Gasteiger partial charge in [0, 0.05) is 31.4 Å². The van der Waals surface area contributed by atoms with E-state index in [1.54, 1.807) is 0 Å². The molecule has 7 nitrogen and oxygen atoms in total. The third-order valence-electron chi connectivity index (χ3n) is 4.99. The Hall–Kier alpha value is -3.05. The summed E-state index contributed by atoms with van der Waals surface area (Å²) in [5, 5.41) is 4.48. The summed E-state index contributed by atoms with van der Waals surface area (Å²) in [6.07, 6.45) is -1.59. The second kappa shape index (κ2) is 8.60. The fourth-order valence-electron chi connectivity index (χ4n) is 3.58. The third kappa shape index (κ3) is 4.83. The van der Waals surface area contributed by atoms with Gasteiger partial charge in [-0.15, -0.1) is 0 Å². The van der Waals surface area contributed by atoms with Crippen LogP contribution in [-0.2, 0) is 12.7 Å². The molecule has 1 fully saturated rings. The molecule has 0 saturated carbocycles. The highest BCUT2D eigenvalue weighted by molar-refractivity contribution is 5.74. The number of alkyl halides is 5. The van der Waals surface area contributed by atoms with Gasteiger partial charge in [0.1, 0.15) is 12.3 Å². The Bertz CT molecular complexity index is 1040. The second-order valence-electron chi connectivity index (χ2n) is 7.28. The van der Waals surface area contributed by atoms with E-state index in [1.807, 2.05) is 4.90 Å². The van der Waals surface area contributed by atoms with Gasteiger partial charge in [0.15, 0.2) is 11.3 Å². The van der Waals surface area contributed by atoms with Crippen molar-refractivity contribution in [1.29, 1.82) is 0 Å². The third-order valence-corrected chi connectivity index (χ3v) is 4.99. The van der Waals surface area contributed by atoms with Crippen LogP contribution in [-0.4, -0.2) is 50.9 Å². The predicted octanol–water partition coefficient (Wildman–Crippen LogP) is 3.80. The molecular formula is C19H19F5N6O. The Morgan fingerprint density at radius 3 is 2.81 bits per heavy atom. The fourth-order valence-corrected chi connectivity index (χ4v) is 3.58. The van der Waals surface area contributed by atoms with E-state index in [-0.39, 0.29) is 18.3 Å². The van der Waals surface area contributed by atoms with Crippen molar-refractivity contribution in [2.45, 2.75) is 32.0 Å². The molecule has 4 rings (SSSR count). The highest BCUT2D eigenvalue weighted by Gasteiger charge is 2.36. The zero-order valence-corrected chi connectivity index (χ0v) is 16.3. The van der Waals surface area contributed by atoms with Crippen LogP contribution in [0.3, 0.4) is 0 Å². The number of rotatable bonds is 6. The highest BCUT2D eigenvalue weighted by atomic mass is 19.4. The van der Waals surface area contributed by atoms with Crippen molar-refractivity contribution < 1.29 is 26.7 Å². The number of ether oxygens (including phenoxy) is 1. The van der Waals surface area contributed by atoms with E-state index in [1.165, 1.54) is 24.5 Å². The standard InChI is InChI=1S/C19H19F5N6O/c20-15(21)10-30-17-13(8-27-30)7-26-18(28-17)29-6-2-3-12(9-29)11-31-14-4-1-5-25-16(14)19(22,23)24/h1,4-5,7-8,12,15H,2-3,6,9-11H2. The Morgan fingerprint density at radius 1 is 1.19 bits per heavy atom. The van der Waals surface area contributed by atoms with Crippen molar-refractivity contribution in [3.05, 3.63) is 36.4 Å². The number of anilines is 1. The van der Waals surface area contributed by atoms with Crippen LogP contribution in [0.15, 0.2) is 30.7 Å². The maximum atomic E-state index is 13.1. The van der Waals surface area contributed by atoms with E-state index in [2.05, 4.69) is 20.1 Å². The lowest BCUT2D eigenvalue weighted by Gasteiger charge is -2.32. The summed E-state index contributed by atoms with van der Waals surface area (Å²) in [5.41, 5.74) is -0.738. The van der Waals surface area contributed by atoms with E-state index < -0.39 is 24.8 Å². The monoisotopic (exact) mass is 442 g/mol. The smallest absolute Gasteiger partial charge is 0.437 e. The number of halogens is 5. The Balaban J connectivity index is 1.46. The van der Waals surface area contributed by atoms with Crippen LogP contribution in [0.1, 0.15) is 18.5 Å². The lowest BCUT2D eigenvalue weighted by molar-refractivity contribution is -0.142. The fraction of sp³-hybridized carbons (Fsp3) is 0.474. The Labute approximate surface area is 173 Å². The molecule has 3 aromatic rings. The van der Waals surface area contributed by atoms with Crippen molar-refractivity contribution in [3.63, 3.8) is 0 Å². The molecule has 166 valence electrons. The number of pyridine rings is 1. The van der Waals surface area contributed by atoms with Crippen molar-refractivity contribution in [1.82, 2.24) is 24.7 Å². The number of hydrogen-bond acceptors (Lipinski definition) is 6. The lowest BCUT2D eigenvalue weighted by Crippen LogP contribution is -2.38. The molecule has 31 heavy (non-hydrogen) atoms. The van der Waals surface area contributed by atoms with Crippen LogP contribution in [0.4, 0.5) is 27.9 Å². The average Bonchev–Trinajstić information content (AvgIpc) is 3.13. The van der Waals surface area contributed by atoms with Gasteiger partial charge in [-0.05, 0) is 25.0 Å². The zero-order chi connectivity index (χ0) is 22.0. The predicted molar refractivity (Wildman–Crippen MR) is 101 cm³/mol. The number of aromatic nitrogens is 5. The van der Waals surface area contributed by atoms with E-state index in [9.17, 15) is 22.0 Å². The SMILES string of the molecule is FC(F)Cn1ncc2cnc(N3CCCC(COc4cccnc4C(F)(F)F)C3)nc21. The first kappa shape index (κ1) is 21.2. The average molecular weight is 442 g/mol. The Kier molecular flexibility index (Phi) is 5.88. The molecule has 1 atom stereocenters. The first-order valence-corrected chi connectivity index (χ1v) is 9.68. The van der Waals surface area contributed by atoms with Crippen molar-refractivity contribution >= 4 is 17.0 Å². The summed E-state index contributed by atoms with van der Waals surface area (Å²) < 4.78 is 71.4. The van der Waals surface area contributed by atoms with Gasteiger partial charge in [0.25, 0.3) is 6.43 Å². The van der Waals surface area contributed by atoms with Gasteiger partial charge < -0.3 is 9.64 Å². The maximum Gasteiger partial charge on any atom is 0.437 e. The molecule has 1 unspecified atom stereocenters. The molecule has 12 heteroatoms. The quantitative estimate of drug-likeness (QED) is 0.541. The lowest BCUT2D eigenvalue weighted by atomic mass is 9.99. The molecular weight excluding hydrogens is 423 g/mol. The highest BCUT2D eigenvalue weighted by Crippen LogP contribution is 2.34.